The van der Waals surface area contributed by atoms with Crippen molar-refractivity contribution in [2.24, 2.45) is 5.92 Å². The molecule has 2 aromatic rings. The first kappa shape index (κ1) is 16.6. The van der Waals surface area contributed by atoms with Crippen molar-refractivity contribution in [2.75, 3.05) is 13.1 Å². The SMILES string of the molecule is O=C(c1ccc(F)cc1)C1CCN(C(=O)c2ccc(Cl)cn2)CC1. The molecule has 3 rings (SSSR count). The zero-order valence-corrected chi connectivity index (χ0v) is 13.7. The van der Waals surface area contributed by atoms with Crippen molar-refractivity contribution < 1.29 is 14.0 Å². The molecule has 0 saturated carbocycles. The summed E-state index contributed by atoms with van der Waals surface area (Å²) in [7, 11) is 0. The van der Waals surface area contributed by atoms with Gasteiger partial charge in [-0.25, -0.2) is 9.37 Å². The van der Waals surface area contributed by atoms with Crippen molar-refractivity contribution in [1.29, 1.82) is 0 Å². The van der Waals surface area contributed by atoms with Gasteiger partial charge in [0.2, 0.25) is 0 Å². The van der Waals surface area contributed by atoms with Gasteiger partial charge < -0.3 is 4.90 Å². The minimum absolute atomic E-state index is 0.00622. The smallest absolute Gasteiger partial charge is 0.272 e. The van der Waals surface area contributed by atoms with Crippen molar-refractivity contribution in [2.45, 2.75) is 12.8 Å². The van der Waals surface area contributed by atoms with Crippen LogP contribution in [0, 0.1) is 11.7 Å². The summed E-state index contributed by atoms with van der Waals surface area (Å²) in [6.45, 7) is 1.00. The molecule has 1 aromatic heterocycles. The summed E-state index contributed by atoms with van der Waals surface area (Å²) in [5.74, 6) is -0.647. The minimum atomic E-state index is -0.359. The van der Waals surface area contributed by atoms with Crippen molar-refractivity contribution in [3.63, 3.8) is 0 Å². The lowest BCUT2D eigenvalue weighted by molar-refractivity contribution is 0.0645. The Hall–Kier alpha value is -2.27. The summed E-state index contributed by atoms with van der Waals surface area (Å²) in [6, 6.07) is 8.82. The summed E-state index contributed by atoms with van der Waals surface area (Å²) in [5.41, 5.74) is 0.864. The Morgan fingerprint density at radius 1 is 1.08 bits per heavy atom. The number of benzene rings is 1. The van der Waals surface area contributed by atoms with Crippen molar-refractivity contribution >= 4 is 23.3 Å². The van der Waals surface area contributed by atoms with E-state index in [9.17, 15) is 14.0 Å². The maximum absolute atomic E-state index is 12.9. The third kappa shape index (κ3) is 3.62. The first-order valence-corrected chi connectivity index (χ1v) is 8.13. The summed E-state index contributed by atoms with van der Waals surface area (Å²) in [5, 5.41) is 0.482. The number of ketones is 1. The van der Waals surface area contributed by atoms with E-state index in [0.29, 0.717) is 42.2 Å². The molecule has 1 aromatic carbocycles. The van der Waals surface area contributed by atoms with E-state index in [-0.39, 0.29) is 23.4 Å². The van der Waals surface area contributed by atoms with Crippen LogP contribution in [0.5, 0.6) is 0 Å². The first-order valence-electron chi connectivity index (χ1n) is 7.75. The van der Waals surface area contributed by atoms with Crippen LogP contribution in [-0.4, -0.2) is 34.7 Å². The molecule has 1 fully saturated rings. The Bertz CT molecular complexity index is 673. The average Bonchev–Trinajstić information content (AvgIpc) is 2.62. The lowest BCUT2D eigenvalue weighted by Crippen LogP contribution is -2.40. The van der Waals surface area contributed by atoms with Crippen LogP contribution in [0.1, 0.15) is 33.7 Å². The van der Waals surface area contributed by atoms with Gasteiger partial charge in [-0.2, -0.15) is 0 Å². The molecule has 1 aliphatic heterocycles. The fraction of sp³-hybridized carbons (Fsp3) is 0.278. The minimum Gasteiger partial charge on any atom is -0.337 e. The van der Waals surface area contributed by atoms with Crippen LogP contribution in [0.2, 0.25) is 5.02 Å². The summed E-state index contributed by atoms with van der Waals surface area (Å²) in [4.78, 5) is 30.6. The Morgan fingerprint density at radius 2 is 1.75 bits per heavy atom. The highest BCUT2D eigenvalue weighted by molar-refractivity contribution is 6.30. The molecule has 2 heterocycles. The number of carbonyl (C=O) groups excluding carboxylic acids is 2. The summed E-state index contributed by atoms with van der Waals surface area (Å²) < 4.78 is 12.9. The number of rotatable bonds is 3. The molecule has 124 valence electrons. The van der Waals surface area contributed by atoms with Gasteiger partial charge in [-0.15, -0.1) is 0 Å². The highest BCUT2D eigenvalue weighted by atomic mass is 35.5. The summed E-state index contributed by atoms with van der Waals surface area (Å²) >= 11 is 5.78. The van der Waals surface area contributed by atoms with E-state index in [2.05, 4.69) is 4.98 Å². The van der Waals surface area contributed by atoms with E-state index in [1.165, 1.54) is 30.5 Å². The van der Waals surface area contributed by atoms with E-state index in [4.69, 9.17) is 11.6 Å². The largest absolute Gasteiger partial charge is 0.337 e. The van der Waals surface area contributed by atoms with Gasteiger partial charge in [0, 0.05) is 30.8 Å². The number of carbonyl (C=O) groups is 2. The third-order valence-corrected chi connectivity index (χ3v) is 4.45. The average molecular weight is 347 g/mol. The van der Waals surface area contributed by atoms with Crippen LogP contribution in [-0.2, 0) is 0 Å². The van der Waals surface area contributed by atoms with Crippen LogP contribution < -0.4 is 0 Å². The second kappa shape index (κ2) is 7.09. The molecule has 0 unspecified atom stereocenters. The number of likely N-dealkylation sites (tertiary alicyclic amines) is 1. The first-order chi connectivity index (χ1) is 11.5. The normalized spacial score (nSPS) is 15.3. The van der Waals surface area contributed by atoms with Gasteiger partial charge in [-0.05, 0) is 49.2 Å². The maximum atomic E-state index is 12.9. The van der Waals surface area contributed by atoms with Gasteiger partial charge in [0.05, 0.1) is 5.02 Å². The summed E-state index contributed by atoms with van der Waals surface area (Å²) in [6.07, 6.45) is 2.63. The van der Waals surface area contributed by atoms with Gasteiger partial charge in [0.15, 0.2) is 5.78 Å². The highest BCUT2D eigenvalue weighted by Crippen LogP contribution is 2.23. The Balaban J connectivity index is 1.61. The van der Waals surface area contributed by atoms with E-state index in [0.717, 1.165) is 0 Å². The predicted octanol–water partition coefficient (Wildman–Crippen LogP) is 3.61. The molecule has 1 saturated heterocycles. The number of pyridine rings is 1. The highest BCUT2D eigenvalue weighted by Gasteiger charge is 2.28. The molecular formula is C18H16ClFN2O2. The van der Waals surface area contributed by atoms with Crippen molar-refractivity contribution in [3.8, 4) is 0 Å². The number of piperidine rings is 1. The lowest BCUT2D eigenvalue weighted by atomic mass is 9.89. The Kier molecular flexibility index (Phi) is 4.90. The van der Waals surface area contributed by atoms with Gasteiger partial charge in [-0.3, -0.25) is 9.59 Å². The van der Waals surface area contributed by atoms with Crippen LogP contribution in [0.4, 0.5) is 4.39 Å². The standard InChI is InChI=1S/C18H16ClFN2O2/c19-14-3-6-16(21-11-14)18(24)22-9-7-13(8-10-22)17(23)12-1-4-15(20)5-2-12/h1-6,11,13H,7-10H2. The Morgan fingerprint density at radius 3 is 2.33 bits per heavy atom. The van der Waals surface area contributed by atoms with Gasteiger partial charge in [0.25, 0.3) is 5.91 Å². The number of Topliss-reactive ketones (excluding diaryl/α,β-unsaturated/α-hetero) is 1. The molecule has 0 bridgehead atoms. The van der Waals surface area contributed by atoms with Crippen molar-refractivity contribution in [3.05, 3.63) is 64.7 Å². The van der Waals surface area contributed by atoms with E-state index in [1.54, 1.807) is 17.0 Å². The molecule has 4 nitrogen and oxygen atoms in total. The molecule has 0 N–H and O–H groups in total. The molecular weight excluding hydrogens is 331 g/mol. The van der Waals surface area contributed by atoms with E-state index >= 15 is 0 Å². The topological polar surface area (TPSA) is 50.3 Å². The molecule has 24 heavy (non-hydrogen) atoms. The second-order valence-corrected chi connectivity index (χ2v) is 6.24. The number of aromatic nitrogens is 1. The van der Waals surface area contributed by atoms with Crippen LogP contribution in [0.15, 0.2) is 42.6 Å². The second-order valence-electron chi connectivity index (χ2n) is 5.80. The molecule has 6 heteroatoms. The maximum Gasteiger partial charge on any atom is 0.272 e. The zero-order chi connectivity index (χ0) is 17.1. The van der Waals surface area contributed by atoms with E-state index in [1.807, 2.05) is 0 Å². The quantitative estimate of drug-likeness (QED) is 0.798. The van der Waals surface area contributed by atoms with Crippen molar-refractivity contribution in [1.82, 2.24) is 9.88 Å². The predicted molar refractivity (Wildman–Crippen MR) is 88.6 cm³/mol. The fourth-order valence-electron chi connectivity index (χ4n) is 2.86. The number of hydrogen-bond acceptors (Lipinski definition) is 3. The molecule has 0 spiro atoms. The van der Waals surface area contributed by atoms with Gasteiger partial charge in [-0.1, -0.05) is 11.6 Å². The molecule has 0 radical (unpaired) electrons. The van der Waals surface area contributed by atoms with E-state index < -0.39 is 0 Å². The zero-order valence-electron chi connectivity index (χ0n) is 12.9. The number of hydrogen-bond donors (Lipinski definition) is 0. The number of halogens is 2. The monoisotopic (exact) mass is 346 g/mol. The molecule has 0 aliphatic carbocycles. The fourth-order valence-corrected chi connectivity index (χ4v) is 2.97. The van der Waals surface area contributed by atoms with Gasteiger partial charge >= 0.3 is 0 Å². The van der Waals surface area contributed by atoms with Crippen LogP contribution in [0.3, 0.4) is 0 Å². The molecule has 1 amide bonds. The number of amides is 1. The third-order valence-electron chi connectivity index (χ3n) is 4.23. The van der Waals surface area contributed by atoms with Gasteiger partial charge in [0.1, 0.15) is 11.5 Å². The lowest BCUT2D eigenvalue weighted by Gasteiger charge is -2.31. The Labute approximate surface area is 144 Å². The molecule has 0 atom stereocenters. The van der Waals surface area contributed by atoms with Crippen LogP contribution >= 0.6 is 11.6 Å². The molecule has 1 aliphatic rings. The van der Waals surface area contributed by atoms with Crippen LogP contribution in [0.25, 0.3) is 0 Å². The number of nitrogens with zero attached hydrogens (tertiary/aromatic N) is 2.